The van der Waals surface area contributed by atoms with E-state index in [1.165, 1.54) is 13.2 Å². The molecule has 0 bridgehead atoms. The van der Waals surface area contributed by atoms with Crippen molar-refractivity contribution in [1.82, 2.24) is 15.4 Å². The molecule has 0 amide bonds. The van der Waals surface area contributed by atoms with Gasteiger partial charge in [0.25, 0.3) is 0 Å². The average molecular weight is 262 g/mol. The van der Waals surface area contributed by atoms with Gasteiger partial charge in [-0.05, 0) is 18.6 Å². The fourth-order valence-electron chi connectivity index (χ4n) is 1.72. The van der Waals surface area contributed by atoms with Crippen LogP contribution in [0.2, 0.25) is 0 Å². The molecule has 1 aromatic carbocycles. The van der Waals surface area contributed by atoms with Gasteiger partial charge in [0.2, 0.25) is 0 Å². The summed E-state index contributed by atoms with van der Waals surface area (Å²) in [6.45, 7) is 1.88. The number of hydrogen-bond donors (Lipinski definition) is 2. The lowest BCUT2D eigenvalue weighted by atomic mass is 10.1. The molecule has 0 aliphatic carbocycles. The lowest BCUT2D eigenvalue weighted by molar-refractivity contribution is 0.409. The average Bonchev–Trinajstić information content (AvgIpc) is 2.43. The summed E-state index contributed by atoms with van der Waals surface area (Å²) in [4.78, 5) is 8.32. The van der Waals surface area contributed by atoms with Crippen LogP contribution in [-0.4, -0.2) is 17.1 Å². The summed E-state index contributed by atoms with van der Waals surface area (Å²) in [5.74, 6) is 5.92. The lowest BCUT2D eigenvalue weighted by Gasteiger charge is -2.16. The Morgan fingerprint density at radius 1 is 1.32 bits per heavy atom. The number of benzene rings is 1. The van der Waals surface area contributed by atoms with Crippen molar-refractivity contribution in [3.05, 3.63) is 53.4 Å². The first-order chi connectivity index (χ1) is 9.15. The highest BCUT2D eigenvalue weighted by Gasteiger charge is 2.19. The van der Waals surface area contributed by atoms with Crippen LogP contribution in [0.3, 0.4) is 0 Å². The van der Waals surface area contributed by atoms with E-state index in [9.17, 15) is 4.39 Å². The maximum Gasteiger partial charge on any atom is 0.151 e. The van der Waals surface area contributed by atoms with Crippen LogP contribution in [0.25, 0.3) is 0 Å². The first-order valence-corrected chi connectivity index (χ1v) is 5.74. The van der Waals surface area contributed by atoms with E-state index in [0.717, 1.165) is 5.56 Å². The summed E-state index contributed by atoms with van der Waals surface area (Å²) >= 11 is 0. The second-order valence-electron chi connectivity index (χ2n) is 4.11. The van der Waals surface area contributed by atoms with Gasteiger partial charge in [0, 0.05) is 24.0 Å². The zero-order valence-corrected chi connectivity index (χ0v) is 10.7. The maximum atomic E-state index is 14.0. The Hall–Kier alpha value is -2.05. The quantitative estimate of drug-likeness (QED) is 0.645. The van der Waals surface area contributed by atoms with Gasteiger partial charge in [-0.1, -0.05) is 6.07 Å². The second-order valence-corrected chi connectivity index (χ2v) is 4.11. The van der Waals surface area contributed by atoms with Crippen molar-refractivity contribution in [2.75, 3.05) is 7.11 Å². The van der Waals surface area contributed by atoms with Crippen molar-refractivity contribution >= 4 is 0 Å². The van der Waals surface area contributed by atoms with E-state index in [1.807, 2.05) is 6.92 Å². The van der Waals surface area contributed by atoms with E-state index in [4.69, 9.17) is 10.6 Å². The summed E-state index contributed by atoms with van der Waals surface area (Å²) in [5, 5.41) is 0. The van der Waals surface area contributed by atoms with E-state index in [2.05, 4.69) is 15.4 Å². The number of nitrogens with one attached hydrogen (secondary N) is 1. The van der Waals surface area contributed by atoms with Crippen molar-refractivity contribution in [2.24, 2.45) is 5.84 Å². The van der Waals surface area contributed by atoms with Crippen LogP contribution in [0.15, 0.2) is 30.6 Å². The number of aryl methyl sites for hydroxylation is 1. The molecular weight excluding hydrogens is 247 g/mol. The van der Waals surface area contributed by atoms with E-state index >= 15 is 0 Å². The van der Waals surface area contributed by atoms with Crippen molar-refractivity contribution < 1.29 is 9.13 Å². The normalized spacial score (nSPS) is 12.2. The first-order valence-electron chi connectivity index (χ1n) is 5.74. The molecule has 1 heterocycles. The molecule has 100 valence electrons. The van der Waals surface area contributed by atoms with Crippen molar-refractivity contribution in [3.63, 3.8) is 0 Å². The summed E-state index contributed by atoms with van der Waals surface area (Å²) in [6, 6.07) is 3.96. The SMILES string of the molecule is COc1ccc(C(NN)c2ncc(C)cn2)c(F)c1. The summed E-state index contributed by atoms with van der Waals surface area (Å²) in [7, 11) is 1.48. The standard InChI is InChI=1S/C13H15FN4O/c1-8-6-16-13(17-7-8)12(18-15)10-4-3-9(19-2)5-11(10)14/h3-7,12,18H,15H2,1-2H3. The molecule has 6 heteroatoms. The van der Waals surface area contributed by atoms with Crippen LogP contribution < -0.4 is 16.0 Å². The molecule has 0 spiro atoms. The molecule has 2 rings (SSSR count). The Morgan fingerprint density at radius 2 is 2.00 bits per heavy atom. The van der Waals surface area contributed by atoms with Crippen molar-refractivity contribution in [2.45, 2.75) is 13.0 Å². The molecule has 1 atom stereocenters. The largest absolute Gasteiger partial charge is 0.497 e. The minimum Gasteiger partial charge on any atom is -0.497 e. The topological polar surface area (TPSA) is 73.1 Å². The predicted molar refractivity (Wildman–Crippen MR) is 68.9 cm³/mol. The minimum absolute atomic E-state index is 0.368. The summed E-state index contributed by atoms with van der Waals surface area (Å²) < 4.78 is 19.0. The van der Waals surface area contributed by atoms with Gasteiger partial charge in [0.05, 0.1) is 7.11 Å². The highest BCUT2D eigenvalue weighted by Crippen LogP contribution is 2.24. The smallest absolute Gasteiger partial charge is 0.151 e. The molecule has 0 radical (unpaired) electrons. The minimum atomic E-state index is -0.605. The zero-order chi connectivity index (χ0) is 13.8. The van der Waals surface area contributed by atoms with Gasteiger partial charge in [-0.3, -0.25) is 5.84 Å². The first kappa shape index (κ1) is 13.4. The van der Waals surface area contributed by atoms with Crippen LogP contribution in [0.4, 0.5) is 4.39 Å². The Balaban J connectivity index is 2.39. The number of nitrogens with zero attached hydrogens (tertiary/aromatic N) is 2. The highest BCUT2D eigenvalue weighted by molar-refractivity contribution is 5.33. The Labute approximate surface area is 110 Å². The van der Waals surface area contributed by atoms with Gasteiger partial charge in [0.1, 0.15) is 17.6 Å². The van der Waals surface area contributed by atoms with Crippen LogP contribution in [-0.2, 0) is 0 Å². The molecule has 0 saturated heterocycles. The molecule has 5 nitrogen and oxygen atoms in total. The molecule has 0 aliphatic heterocycles. The van der Waals surface area contributed by atoms with Gasteiger partial charge < -0.3 is 4.74 Å². The molecular formula is C13H15FN4O. The Morgan fingerprint density at radius 3 is 2.53 bits per heavy atom. The zero-order valence-electron chi connectivity index (χ0n) is 10.7. The van der Waals surface area contributed by atoms with Gasteiger partial charge in [-0.15, -0.1) is 0 Å². The third-order valence-electron chi connectivity index (χ3n) is 2.74. The Kier molecular flexibility index (Phi) is 4.03. The number of rotatable bonds is 4. The maximum absolute atomic E-state index is 14.0. The van der Waals surface area contributed by atoms with Crippen LogP contribution >= 0.6 is 0 Å². The van der Waals surface area contributed by atoms with Crippen LogP contribution in [0.5, 0.6) is 5.75 Å². The molecule has 1 unspecified atom stereocenters. The lowest BCUT2D eigenvalue weighted by Crippen LogP contribution is -2.31. The van der Waals surface area contributed by atoms with E-state index in [-0.39, 0.29) is 0 Å². The van der Waals surface area contributed by atoms with Crippen molar-refractivity contribution in [1.29, 1.82) is 0 Å². The number of ether oxygens (including phenoxy) is 1. The van der Waals surface area contributed by atoms with Gasteiger partial charge in [0.15, 0.2) is 5.82 Å². The predicted octanol–water partition coefficient (Wildman–Crippen LogP) is 1.49. The third kappa shape index (κ3) is 2.86. The molecule has 0 fully saturated rings. The third-order valence-corrected chi connectivity index (χ3v) is 2.74. The number of nitrogens with two attached hydrogens (primary N) is 1. The molecule has 0 aliphatic rings. The van der Waals surface area contributed by atoms with E-state index in [1.54, 1.807) is 24.5 Å². The van der Waals surface area contributed by atoms with Gasteiger partial charge in [-0.25, -0.2) is 19.8 Å². The van der Waals surface area contributed by atoms with Crippen LogP contribution in [0.1, 0.15) is 23.0 Å². The number of methoxy groups -OCH3 is 1. The second kappa shape index (κ2) is 5.73. The molecule has 1 aromatic heterocycles. The number of hydrazine groups is 1. The fraction of sp³-hybridized carbons (Fsp3) is 0.231. The summed E-state index contributed by atoms with van der Waals surface area (Å²) in [6.07, 6.45) is 3.32. The monoisotopic (exact) mass is 262 g/mol. The van der Waals surface area contributed by atoms with E-state index in [0.29, 0.717) is 17.1 Å². The number of hydrogen-bond acceptors (Lipinski definition) is 5. The Bertz CT molecular complexity index is 559. The van der Waals surface area contributed by atoms with E-state index < -0.39 is 11.9 Å². The van der Waals surface area contributed by atoms with Crippen molar-refractivity contribution in [3.8, 4) is 5.75 Å². The van der Waals surface area contributed by atoms with Gasteiger partial charge >= 0.3 is 0 Å². The molecule has 19 heavy (non-hydrogen) atoms. The van der Waals surface area contributed by atoms with Gasteiger partial charge in [-0.2, -0.15) is 0 Å². The fourth-order valence-corrected chi connectivity index (χ4v) is 1.72. The summed E-state index contributed by atoms with van der Waals surface area (Å²) in [5.41, 5.74) is 3.82. The molecule has 2 aromatic rings. The molecule has 0 saturated carbocycles. The van der Waals surface area contributed by atoms with Crippen LogP contribution in [0, 0.1) is 12.7 Å². The highest BCUT2D eigenvalue weighted by atomic mass is 19.1. The molecule has 3 N–H and O–H groups in total. The number of aromatic nitrogens is 2. The number of halogens is 1.